The van der Waals surface area contributed by atoms with Gasteiger partial charge in [-0.25, -0.2) is 13.2 Å². The average molecular weight is 416 g/mol. The lowest BCUT2D eigenvalue weighted by Crippen LogP contribution is -2.48. The second-order valence-corrected chi connectivity index (χ2v) is 9.23. The van der Waals surface area contributed by atoms with Crippen molar-refractivity contribution in [3.63, 3.8) is 0 Å². The number of rotatable bonds is 7. The van der Waals surface area contributed by atoms with Crippen LogP contribution in [0, 0.1) is 6.92 Å². The largest absolute Gasteiger partial charge is 0.457 e. The Bertz CT molecular complexity index is 983. The van der Waals surface area contributed by atoms with E-state index in [1.807, 2.05) is 37.3 Å². The van der Waals surface area contributed by atoms with Crippen LogP contribution in [0.15, 0.2) is 88.0 Å². The molecule has 5 nitrogen and oxygen atoms in total. The quantitative estimate of drug-likeness (QED) is 0.550. The average Bonchev–Trinajstić information content (AvgIpc) is 2.66. The summed E-state index contributed by atoms with van der Waals surface area (Å²) in [6.45, 7) is 5.58. The highest BCUT2D eigenvalue weighted by Gasteiger charge is 2.36. The van der Waals surface area contributed by atoms with Crippen molar-refractivity contribution < 1.29 is 17.9 Å². The van der Waals surface area contributed by atoms with Gasteiger partial charge in [0.05, 0.1) is 10.9 Å². The minimum atomic E-state index is -3.80. The Kier molecular flexibility index (Phi) is 6.39. The molecule has 0 fully saturated rings. The summed E-state index contributed by atoms with van der Waals surface area (Å²) in [6.07, 6.45) is 2.63. The predicted octanol–water partition coefficient (Wildman–Crippen LogP) is 3.82. The zero-order valence-corrected chi connectivity index (χ0v) is 17.0. The van der Waals surface area contributed by atoms with Crippen LogP contribution in [0.2, 0.25) is 0 Å². The minimum Gasteiger partial charge on any atom is -0.457 e. The summed E-state index contributed by atoms with van der Waals surface area (Å²) in [5, 5.41) is 0. The maximum atomic E-state index is 12.9. The molecule has 2 aromatic carbocycles. The van der Waals surface area contributed by atoms with Crippen molar-refractivity contribution in [2.24, 2.45) is 0 Å². The lowest BCUT2D eigenvalue weighted by atomic mass is 10.1. The summed E-state index contributed by atoms with van der Waals surface area (Å²) in [4.78, 5) is 13.7. The summed E-state index contributed by atoms with van der Waals surface area (Å²) >= 11 is 1.34. The Labute approximate surface area is 169 Å². The number of hydrogen-bond donors (Lipinski definition) is 1. The molecular weight excluding hydrogens is 394 g/mol. The molecule has 7 heteroatoms. The topological polar surface area (TPSA) is 72.5 Å². The maximum Gasteiger partial charge on any atom is 0.331 e. The number of cyclic esters (lactones) is 1. The van der Waals surface area contributed by atoms with Crippen LogP contribution in [0.4, 0.5) is 0 Å². The number of nitrogens with one attached hydrogen (secondary N) is 1. The van der Waals surface area contributed by atoms with Gasteiger partial charge in [-0.3, -0.25) is 0 Å². The van der Waals surface area contributed by atoms with Crippen molar-refractivity contribution in [2.45, 2.75) is 35.3 Å². The van der Waals surface area contributed by atoms with Gasteiger partial charge in [0.1, 0.15) is 6.10 Å². The van der Waals surface area contributed by atoms with Crippen molar-refractivity contribution in [1.29, 1.82) is 0 Å². The summed E-state index contributed by atoms with van der Waals surface area (Å²) in [6, 6.07) is 15.4. The fourth-order valence-corrected chi connectivity index (χ4v) is 5.17. The van der Waals surface area contributed by atoms with E-state index in [2.05, 4.69) is 11.3 Å². The Hall–Kier alpha value is -2.35. The first-order chi connectivity index (χ1) is 13.4. The van der Waals surface area contributed by atoms with E-state index in [0.29, 0.717) is 11.3 Å². The maximum absolute atomic E-state index is 12.9. The highest BCUT2D eigenvalue weighted by molar-refractivity contribution is 8.03. The van der Waals surface area contributed by atoms with E-state index < -0.39 is 28.1 Å². The molecule has 1 heterocycles. The van der Waals surface area contributed by atoms with Crippen molar-refractivity contribution >= 4 is 27.8 Å². The molecule has 0 saturated heterocycles. The van der Waals surface area contributed by atoms with Gasteiger partial charge in [-0.05, 0) is 31.2 Å². The van der Waals surface area contributed by atoms with E-state index >= 15 is 0 Å². The predicted molar refractivity (Wildman–Crippen MR) is 110 cm³/mol. The lowest BCUT2D eigenvalue weighted by molar-refractivity contribution is -0.144. The molecule has 1 aliphatic rings. The SMILES string of the molecule is C=CC[C@H]1OC(=O)C=C(Sc2ccccc2)[C@@H]1NS(=O)(=O)c1ccc(C)cc1. The number of thioether (sulfide) groups is 1. The molecule has 2 aromatic rings. The molecule has 0 aromatic heterocycles. The van der Waals surface area contributed by atoms with Crippen LogP contribution in [0.1, 0.15) is 12.0 Å². The second kappa shape index (κ2) is 8.77. The first-order valence-corrected chi connectivity index (χ1v) is 11.0. The molecule has 0 saturated carbocycles. The van der Waals surface area contributed by atoms with Gasteiger partial charge >= 0.3 is 5.97 Å². The van der Waals surface area contributed by atoms with E-state index in [-0.39, 0.29) is 4.90 Å². The normalized spacial score (nSPS) is 19.6. The molecule has 146 valence electrons. The van der Waals surface area contributed by atoms with E-state index in [9.17, 15) is 13.2 Å². The third-order valence-electron chi connectivity index (χ3n) is 4.20. The molecule has 1 N–H and O–H groups in total. The molecule has 0 spiro atoms. The van der Waals surface area contributed by atoms with E-state index in [0.717, 1.165) is 10.5 Å². The first-order valence-electron chi connectivity index (χ1n) is 8.74. The molecular formula is C21H21NO4S2. The fourth-order valence-electron chi connectivity index (χ4n) is 2.79. The van der Waals surface area contributed by atoms with Gasteiger partial charge in [0, 0.05) is 22.3 Å². The summed E-state index contributed by atoms with van der Waals surface area (Å²) in [5.74, 6) is -0.490. The minimum absolute atomic E-state index is 0.163. The third-order valence-corrected chi connectivity index (χ3v) is 6.77. The Balaban J connectivity index is 1.94. The molecule has 0 unspecified atom stereocenters. The highest BCUT2D eigenvalue weighted by atomic mass is 32.2. The van der Waals surface area contributed by atoms with Crippen molar-refractivity contribution in [3.05, 3.63) is 83.8 Å². The van der Waals surface area contributed by atoms with Crippen LogP contribution in [0.25, 0.3) is 0 Å². The van der Waals surface area contributed by atoms with Gasteiger partial charge in [-0.2, -0.15) is 4.72 Å². The smallest absolute Gasteiger partial charge is 0.331 e. The zero-order valence-electron chi connectivity index (χ0n) is 15.4. The van der Waals surface area contributed by atoms with Gasteiger partial charge in [0.2, 0.25) is 10.0 Å². The van der Waals surface area contributed by atoms with Crippen LogP contribution in [0.5, 0.6) is 0 Å². The van der Waals surface area contributed by atoms with Gasteiger partial charge in [-0.1, -0.05) is 53.7 Å². The first kappa shape index (κ1) is 20.4. The van der Waals surface area contributed by atoms with Crippen LogP contribution in [-0.2, 0) is 19.6 Å². The van der Waals surface area contributed by atoms with Crippen LogP contribution >= 0.6 is 11.8 Å². The number of sulfonamides is 1. The number of carbonyl (C=O) groups is 1. The van der Waals surface area contributed by atoms with Gasteiger partial charge in [0.15, 0.2) is 0 Å². The van der Waals surface area contributed by atoms with Crippen LogP contribution < -0.4 is 4.72 Å². The molecule has 2 atom stereocenters. The van der Waals surface area contributed by atoms with Crippen molar-refractivity contribution in [3.8, 4) is 0 Å². The van der Waals surface area contributed by atoms with Crippen LogP contribution in [-0.4, -0.2) is 26.5 Å². The van der Waals surface area contributed by atoms with E-state index in [1.165, 1.54) is 17.8 Å². The Morgan fingerprint density at radius 1 is 1.14 bits per heavy atom. The number of benzene rings is 2. The standard InChI is InChI=1S/C21H21NO4S2/c1-3-7-18-21(22-28(24,25)17-12-10-15(2)11-13-17)19(14-20(23)26-18)27-16-8-5-4-6-9-16/h3-6,8-14,18,21-22H,1,7H2,2H3/t18-,21-/m1/s1. The highest BCUT2D eigenvalue weighted by Crippen LogP contribution is 2.34. The molecule has 28 heavy (non-hydrogen) atoms. The summed E-state index contributed by atoms with van der Waals surface area (Å²) < 4.78 is 34.0. The zero-order chi connectivity index (χ0) is 20.1. The van der Waals surface area contributed by atoms with Gasteiger partial charge < -0.3 is 4.74 Å². The van der Waals surface area contributed by atoms with Crippen LogP contribution in [0.3, 0.4) is 0 Å². The summed E-state index contributed by atoms with van der Waals surface area (Å²) in [5.41, 5.74) is 0.968. The third kappa shape index (κ3) is 4.92. The molecule has 0 aliphatic carbocycles. The molecule has 1 aliphatic heterocycles. The Morgan fingerprint density at radius 2 is 1.82 bits per heavy atom. The van der Waals surface area contributed by atoms with Gasteiger partial charge in [-0.15, -0.1) is 6.58 Å². The van der Waals surface area contributed by atoms with Crippen molar-refractivity contribution in [2.75, 3.05) is 0 Å². The number of carbonyl (C=O) groups excluding carboxylic acids is 1. The van der Waals surface area contributed by atoms with E-state index in [1.54, 1.807) is 30.3 Å². The second-order valence-electron chi connectivity index (χ2n) is 6.37. The fraction of sp³-hybridized carbons (Fsp3) is 0.190. The molecule has 0 amide bonds. The Morgan fingerprint density at radius 3 is 2.46 bits per heavy atom. The number of esters is 1. The number of hydrogen-bond acceptors (Lipinski definition) is 5. The summed E-state index contributed by atoms with van der Waals surface area (Å²) in [7, 11) is -3.80. The van der Waals surface area contributed by atoms with E-state index in [4.69, 9.17) is 4.74 Å². The van der Waals surface area contributed by atoms with Crippen molar-refractivity contribution in [1.82, 2.24) is 4.72 Å². The number of aryl methyl sites for hydroxylation is 1. The van der Waals surface area contributed by atoms with Gasteiger partial charge in [0.25, 0.3) is 0 Å². The molecule has 0 bridgehead atoms. The molecule has 3 rings (SSSR count). The monoisotopic (exact) mass is 415 g/mol. The molecule has 0 radical (unpaired) electrons. The number of ether oxygens (including phenoxy) is 1. The lowest BCUT2D eigenvalue weighted by Gasteiger charge is -2.31.